The Hall–Kier alpha value is -1.09. The van der Waals surface area contributed by atoms with E-state index in [1.165, 1.54) is 5.56 Å². The summed E-state index contributed by atoms with van der Waals surface area (Å²) < 4.78 is 14.9. The molecule has 1 heterocycles. The van der Waals surface area contributed by atoms with Gasteiger partial charge in [-0.25, -0.2) is 4.39 Å². The van der Waals surface area contributed by atoms with Crippen LogP contribution in [0.2, 0.25) is 0 Å². The minimum atomic E-state index is -1.21. The number of rotatable bonds is 3. The zero-order valence-electron chi connectivity index (χ0n) is 9.95. The van der Waals surface area contributed by atoms with Gasteiger partial charge in [-0.3, -0.25) is 0 Å². The molecular weight excluding hydrogens is 215 g/mol. The van der Waals surface area contributed by atoms with Gasteiger partial charge in [-0.05, 0) is 43.2 Å². The number of halogens is 1. The van der Waals surface area contributed by atoms with Crippen molar-refractivity contribution in [1.29, 1.82) is 0 Å². The summed E-state index contributed by atoms with van der Waals surface area (Å²) in [6.07, 6.45) is 3.79. The van der Waals surface area contributed by atoms with E-state index < -0.39 is 5.67 Å². The minimum Gasteiger partial charge on any atom is -0.379 e. The lowest BCUT2D eigenvalue weighted by molar-refractivity contribution is 0.109. The maximum absolute atomic E-state index is 14.9. The second-order valence-corrected chi connectivity index (χ2v) is 5.30. The number of hydrogen-bond donors (Lipinski definition) is 2. The van der Waals surface area contributed by atoms with Crippen molar-refractivity contribution in [2.75, 3.05) is 11.9 Å². The highest BCUT2D eigenvalue weighted by molar-refractivity contribution is 5.54. The summed E-state index contributed by atoms with van der Waals surface area (Å²) >= 11 is 0. The fraction of sp³-hybridized carbons (Fsp3) is 0.571. The predicted octanol–water partition coefficient (Wildman–Crippen LogP) is 2.49. The Balaban J connectivity index is 1.83. The maximum Gasteiger partial charge on any atom is 0.145 e. The van der Waals surface area contributed by atoms with Gasteiger partial charge in [-0.1, -0.05) is 18.2 Å². The van der Waals surface area contributed by atoms with Gasteiger partial charge in [0.2, 0.25) is 0 Å². The number of aryl methyl sites for hydroxylation is 1. The van der Waals surface area contributed by atoms with Crippen LogP contribution in [0.1, 0.15) is 24.8 Å². The molecule has 2 aliphatic rings. The van der Waals surface area contributed by atoms with Crippen molar-refractivity contribution in [2.24, 2.45) is 11.7 Å². The molecule has 2 atom stereocenters. The summed E-state index contributed by atoms with van der Waals surface area (Å²) in [5, 5.41) is 3.35. The number of benzene rings is 1. The molecule has 0 spiro atoms. The van der Waals surface area contributed by atoms with Crippen LogP contribution in [0, 0.1) is 5.92 Å². The molecular formula is C14H19FN2. The number of nitrogens with two attached hydrogens (primary N) is 1. The van der Waals surface area contributed by atoms with Gasteiger partial charge in [0.1, 0.15) is 5.67 Å². The Bertz CT molecular complexity index is 416. The van der Waals surface area contributed by atoms with Crippen molar-refractivity contribution in [2.45, 2.75) is 37.4 Å². The first-order chi connectivity index (χ1) is 8.24. The average Bonchev–Trinajstić information content (AvgIpc) is 3.22. The van der Waals surface area contributed by atoms with Crippen LogP contribution >= 0.6 is 0 Å². The third-order valence-electron chi connectivity index (χ3n) is 4.20. The fourth-order valence-electron chi connectivity index (χ4n) is 2.96. The Labute approximate surface area is 101 Å². The molecule has 3 N–H and O–H groups in total. The Morgan fingerprint density at radius 2 is 2.06 bits per heavy atom. The summed E-state index contributed by atoms with van der Waals surface area (Å²) in [6.45, 7) is 0.136. The van der Waals surface area contributed by atoms with Crippen molar-refractivity contribution in [3.05, 3.63) is 29.8 Å². The summed E-state index contributed by atoms with van der Waals surface area (Å²) in [5.74, 6) is 0.176. The van der Waals surface area contributed by atoms with E-state index in [2.05, 4.69) is 11.4 Å². The molecule has 2 nitrogen and oxygen atoms in total. The van der Waals surface area contributed by atoms with Crippen LogP contribution in [0.5, 0.6) is 0 Å². The first kappa shape index (κ1) is 11.0. The van der Waals surface area contributed by atoms with Crippen LogP contribution in [0.3, 0.4) is 0 Å². The largest absolute Gasteiger partial charge is 0.379 e. The molecule has 1 aliphatic heterocycles. The molecule has 2 unspecified atom stereocenters. The Morgan fingerprint density at radius 1 is 1.29 bits per heavy atom. The van der Waals surface area contributed by atoms with Crippen LogP contribution in [0.15, 0.2) is 24.3 Å². The number of alkyl halides is 1. The summed E-state index contributed by atoms with van der Waals surface area (Å²) in [4.78, 5) is 0. The van der Waals surface area contributed by atoms with E-state index in [-0.39, 0.29) is 18.5 Å². The van der Waals surface area contributed by atoms with Gasteiger partial charge in [0.25, 0.3) is 0 Å². The molecule has 1 aromatic rings. The first-order valence-corrected chi connectivity index (χ1v) is 6.47. The van der Waals surface area contributed by atoms with Crippen LogP contribution < -0.4 is 11.1 Å². The zero-order chi connectivity index (χ0) is 11.9. The van der Waals surface area contributed by atoms with Gasteiger partial charge in [0.15, 0.2) is 0 Å². The quantitative estimate of drug-likeness (QED) is 0.843. The number of hydrogen-bond acceptors (Lipinski definition) is 2. The summed E-state index contributed by atoms with van der Waals surface area (Å²) in [6, 6.07) is 8.06. The molecule has 0 bridgehead atoms. The molecule has 1 saturated carbocycles. The molecule has 1 aliphatic carbocycles. The van der Waals surface area contributed by atoms with Crippen LogP contribution in [0.4, 0.5) is 10.1 Å². The molecule has 1 fully saturated rings. The number of para-hydroxylation sites is 1. The van der Waals surface area contributed by atoms with Gasteiger partial charge in [0.05, 0.1) is 6.04 Å². The Morgan fingerprint density at radius 3 is 2.76 bits per heavy atom. The third kappa shape index (κ3) is 1.82. The molecule has 0 saturated heterocycles. The molecule has 0 aromatic heterocycles. The van der Waals surface area contributed by atoms with Gasteiger partial charge in [-0.15, -0.1) is 0 Å². The smallest absolute Gasteiger partial charge is 0.145 e. The van der Waals surface area contributed by atoms with Crippen molar-refractivity contribution in [3.63, 3.8) is 0 Å². The highest BCUT2D eigenvalue weighted by atomic mass is 19.1. The normalized spacial score (nSPS) is 26.8. The van der Waals surface area contributed by atoms with E-state index in [9.17, 15) is 4.39 Å². The Kier molecular flexibility index (Phi) is 2.58. The van der Waals surface area contributed by atoms with Gasteiger partial charge in [0, 0.05) is 12.2 Å². The van der Waals surface area contributed by atoms with Gasteiger partial charge >= 0.3 is 0 Å². The second-order valence-electron chi connectivity index (χ2n) is 5.30. The molecule has 0 amide bonds. The summed E-state index contributed by atoms with van der Waals surface area (Å²) in [7, 11) is 0. The SMILES string of the molecule is NCC(F)(C1CC1)C1CCc2ccccc2N1. The van der Waals surface area contributed by atoms with E-state index in [1.54, 1.807) is 0 Å². The van der Waals surface area contributed by atoms with Crippen molar-refractivity contribution < 1.29 is 4.39 Å². The van der Waals surface area contributed by atoms with E-state index in [1.807, 2.05) is 18.2 Å². The highest BCUT2D eigenvalue weighted by Crippen LogP contribution is 2.46. The molecule has 92 valence electrons. The molecule has 3 rings (SSSR count). The summed E-state index contributed by atoms with van der Waals surface area (Å²) in [5.41, 5.74) is 6.84. The van der Waals surface area contributed by atoms with Crippen LogP contribution in [-0.4, -0.2) is 18.3 Å². The van der Waals surface area contributed by atoms with E-state index >= 15 is 0 Å². The van der Waals surface area contributed by atoms with Crippen LogP contribution in [-0.2, 0) is 6.42 Å². The standard InChI is InChI=1S/C14H19FN2/c15-14(9-16,11-6-7-11)13-8-5-10-3-1-2-4-12(10)17-13/h1-4,11,13,17H,5-9,16H2. The van der Waals surface area contributed by atoms with Gasteiger partial charge in [-0.2, -0.15) is 0 Å². The zero-order valence-corrected chi connectivity index (χ0v) is 9.95. The van der Waals surface area contributed by atoms with E-state index in [0.29, 0.717) is 0 Å². The van der Waals surface area contributed by atoms with Crippen molar-refractivity contribution >= 4 is 5.69 Å². The monoisotopic (exact) mass is 234 g/mol. The molecule has 0 radical (unpaired) electrons. The second kappa shape index (κ2) is 3.98. The van der Waals surface area contributed by atoms with Crippen molar-refractivity contribution in [1.82, 2.24) is 0 Å². The highest BCUT2D eigenvalue weighted by Gasteiger charge is 2.50. The van der Waals surface area contributed by atoms with Crippen LogP contribution in [0.25, 0.3) is 0 Å². The minimum absolute atomic E-state index is 0.116. The fourth-order valence-corrected chi connectivity index (χ4v) is 2.96. The number of nitrogens with one attached hydrogen (secondary N) is 1. The number of anilines is 1. The molecule has 3 heteroatoms. The van der Waals surface area contributed by atoms with E-state index in [0.717, 1.165) is 31.4 Å². The lowest BCUT2D eigenvalue weighted by atomic mass is 9.84. The average molecular weight is 234 g/mol. The van der Waals surface area contributed by atoms with E-state index in [4.69, 9.17) is 5.73 Å². The van der Waals surface area contributed by atoms with Crippen molar-refractivity contribution in [3.8, 4) is 0 Å². The maximum atomic E-state index is 14.9. The lowest BCUT2D eigenvalue weighted by Gasteiger charge is -2.37. The molecule has 1 aromatic carbocycles. The van der Waals surface area contributed by atoms with Gasteiger partial charge < -0.3 is 11.1 Å². The predicted molar refractivity (Wildman–Crippen MR) is 67.8 cm³/mol. The lowest BCUT2D eigenvalue weighted by Crippen LogP contribution is -2.52. The third-order valence-corrected chi connectivity index (χ3v) is 4.20. The number of fused-ring (bicyclic) bond motifs is 1. The molecule has 17 heavy (non-hydrogen) atoms. The first-order valence-electron chi connectivity index (χ1n) is 6.47. The topological polar surface area (TPSA) is 38.0 Å².